The zero-order valence-corrected chi connectivity index (χ0v) is 21.1. The van der Waals surface area contributed by atoms with Gasteiger partial charge < -0.3 is 14.8 Å². The molecular formula is C25H17BrCl2N4O3. The van der Waals surface area contributed by atoms with Crippen molar-refractivity contribution in [2.45, 2.75) is 0 Å². The van der Waals surface area contributed by atoms with E-state index in [1.54, 1.807) is 30.5 Å². The number of oxazole rings is 1. The van der Waals surface area contributed by atoms with Gasteiger partial charge in [0.25, 0.3) is 5.56 Å². The second-order valence-electron chi connectivity index (χ2n) is 7.61. The Morgan fingerprint density at radius 3 is 2.57 bits per heavy atom. The molecule has 35 heavy (non-hydrogen) atoms. The fourth-order valence-electron chi connectivity index (χ4n) is 3.84. The molecule has 10 heteroatoms. The summed E-state index contributed by atoms with van der Waals surface area (Å²) in [6, 6.07) is 16.3. The zero-order chi connectivity index (χ0) is 24.5. The van der Waals surface area contributed by atoms with Crippen LogP contribution in [0.15, 0.2) is 80.9 Å². The Balaban J connectivity index is 1.79. The number of anilines is 1. The van der Waals surface area contributed by atoms with Crippen LogP contribution in [0.25, 0.3) is 39.0 Å². The summed E-state index contributed by atoms with van der Waals surface area (Å²) in [7, 11) is 0. The Kier molecular flexibility index (Phi) is 6.62. The van der Waals surface area contributed by atoms with Crippen LogP contribution in [-0.2, 0) is 0 Å². The molecule has 2 aromatic heterocycles. The minimum atomic E-state index is -0.363. The van der Waals surface area contributed by atoms with Gasteiger partial charge in [-0.2, -0.15) is 9.78 Å². The molecule has 5 rings (SSSR count). The van der Waals surface area contributed by atoms with Crippen LogP contribution in [0, 0.1) is 0 Å². The molecule has 0 amide bonds. The van der Waals surface area contributed by atoms with E-state index < -0.39 is 0 Å². The van der Waals surface area contributed by atoms with E-state index in [9.17, 15) is 9.90 Å². The molecule has 0 saturated carbocycles. The minimum absolute atomic E-state index is 0.0803. The van der Waals surface area contributed by atoms with Crippen LogP contribution in [0.5, 0.6) is 0 Å². The predicted octanol–water partition coefficient (Wildman–Crippen LogP) is 6.18. The van der Waals surface area contributed by atoms with E-state index >= 15 is 0 Å². The first-order chi connectivity index (χ1) is 17.0. The van der Waals surface area contributed by atoms with Gasteiger partial charge in [-0.3, -0.25) is 4.79 Å². The van der Waals surface area contributed by atoms with Crippen molar-refractivity contribution >= 4 is 55.6 Å². The van der Waals surface area contributed by atoms with Crippen molar-refractivity contribution in [3.63, 3.8) is 0 Å². The van der Waals surface area contributed by atoms with Crippen LogP contribution in [0.2, 0.25) is 10.0 Å². The fraction of sp³-hybridized carbons (Fsp3) is 0.0800. The summed E-state index contributed by atoms with van der Waals surface area (Å²) >= 11 is 16.8. The second kappa shape index (κ2) is 9.83. The molecule has 5 aromatic rings. The van der Waals surface area contributed by atoms with E-state index in [0.29, 0.717) is 27.9 Å². The Morgan fingerprint density at radius 1 is 1.06 bits per heavy atom. The molecule has 0 unspecified atom stereocenters. The topological polar surface area (TPSA) is 93.2 Å². The third-order valence-corrected chi connectivity index (χ3v) is 6.54. The maximum absolute atomic E-state index is 13.6. The van der Waals surface area contributed by atoms with E-state index in [2.05, 4.69) is 26.2 Å². The van der Waals surface area contributed by atoms with Crippen molar-refractivity contribution in [2.24, 2.45) is 0 Å². The number of halogens is 3. The second-order valence-corrected chi connectivity index (χ2v) is 9.31. The van der Waals surface area contributed by atoms with Gasteiger partial charge in [-0.05, 0) is 36.4 Å². The smallest absolute Gasteiger partial charge is 0.279 e. The lowest BCUT2D eigenvalue weighted by Gasteiger charge is -2.16. The molecular weight excluding hydrogens is 555 g/mol. The predicted molar refractivity (Wildman–Crippen MR) is 142 cm³/mol. The summed E-state index contributed by atoms with van der Waals surface area (Å²) in [6.45, 7) is 0.206. The first-order valence-electron chi connectivity index (χ1n) is 10.5. The van der Waals surface area contributed by atoms with Crippen LogP contribution in [-0.4, -0.2) is 33.0 Å². The fourth-order valence-corrected chi connectivity index (χ4v) is 4.93. The lowest BCUT2D eigenvalue weighted by atomic mass is 10.0. The quantitative estimate of drug-likeness (QED) is 0.253. The van der Waals surface area contributed by atoms with Crippen LogP contribution in [0.4, 0.5) is 5.69 Å². The van der Waals surface area contributed by atoms with Crippen molar-refractivity contribution in [1.29, 1.82) is 0 Å². The zero-order valence-electron chi connectivity index (χ0n) is 18.0. The SMILES string of the molecule is O=c1c2ccccc2c(-c2cc(Br)cc(-c3cnco3)c2)nn1-c1c(Cl)ccc(NCCO)c1Cl. The molecule has 0 saturated heterocycles. The summed E-state index contributed by atoms with van der Waals surface area (Å²) in [5, 5.41) is 18.6. The van der Waals surface area contributed by atoms with Crippen molar-refractivity contribution in [3.05, 3.63) is 92.1 Å². The molecule has 0 aliphatic heterocycles. The van der Waals surface area contributed by atoms with Gasteiger partial charge in [0.1, 0.15) is 5.69 Å². The number of aliphatic hydroxyl groups is 1. The number of hydrogen-bond donors (Lipinski definition) is 2. The monoisotopic (exact) mass is 570 g/mol. The van der Waals surface area contributed by atoms with E-state index in [1.165, 1.54) is 11.1 Å². The largest absolute Gasteiger partial charge is 0.444 e. The van der Waals surface area contributed by atoms with E-state index in [4.69, 9.17) is 32.7 Å². The summed E-state index contributed by atoms with van der Waals surface area (Å²) in [5.74, 6) is 0.596. The maximum atomic E-state index is 13.6. The molecule has 0 atom stereocenters. The van der Waals surface area contributed by atoms with Gasteiger partial charge in [-0.25, -0.2) is 4.98 Å². The van der Waals surface area contributed by atoms with Gasteiger partial charge in [0.05, 0.1) is 39.6 Å². The Hall–Kier alpha value is -3.17. The van der Waals surface area contributed by atoms with Crippen LogP contribution in [0.3, 0.4) is 0 Å². The number of benzene rings is 3. The lowest BCUT2D eigenvalue weighted by Crippen LogP contribution is -2.23. The highest BCUT2D eigenvalue weighted by atomic mass is 79.9. The Morgan fingerprint density at radius 2 is 1.83 bits per heavy atom. The Bertz CT molecular complexity index is 1600. The van der Waals surface area contributed by atoms with Crippen molar-refractivity contribution in [1.82, 2.24) is 14.8 Å². The average molecular weight is 572 g/mol. The standard InChI is InChI=1S/C25H17BrCl2N4O3/c26-16-10-14(21-12-29-13-35-21)9-15(11-16)23-17-3-1-2-4-18(17)25(34)32(31-23)24-19(27)5-6-20(22(24)28)30-7-8-33/h1-6,9-13,30,33H,7-8H2. The molecule has 7 nitrogen and oxygen atoms in total. The molecule has 2 N–H and O–H groups in total. The first-order valence-corrected chi connectivity index (χ1v) is 12.1. The van der Waals surface area contributed by atoms with Crippen LogP contribution in [0.1, 0.15) is 0 Å². The minimum Gasteiger partial charge on any atom is -0.444 e. The number of rotatable bonds is 6. The molecule has 0 aliphatic carbocycles. The highest BCUT2D eigenvalue weighted by Crippen LogP contribution is 2.36. The molecule has 0 aliphatic rings. The van der Waals surface area contributed by atoms with Gasteiger partial charge >= 0.3 is 0 Å². The highest BCUT2D eigenvalue weighted by molar-refractivity contribution is 9.10. The number of aromatic nitrogens is 3. The first kappa shape index (κ1) is 23.6. The molecule has 0 fully saturated rings. The molecule has 0 spiro atoms. The number of nitrogens with one attached hydrogen (secondary N) is 1. The van der Waals surface area contributed by atoms with Gasteiger partial charge in [0, 0.05) is 27.5 Å². The molecule has 3 aromatic carbocycles. The van der Waals surface area contributed by atoms with E-state index in [-0.39, 0.29) is 34.4 Å². The third-order valence-electron chi connectivity index (χ3n) is 5.40. The molecule has 0 radical (unpaired) electrons. The highest BCUT2D eigenvalue weighted by Gasteiger charge is 2.20. The Labute approximate surface area is 218 Å². The van der Waals surface area contributed by atoms with Crippen molar-refractivity contribution in [3.8, 4) is 28.3 Å². The maximum Gasteiger partial charge on any atom is 0.279 e. The normalized spacial score (nSPS) is 11.2. The van der Waals surface area contributed by atoms with Gasteiger partial charge in [-0.15, -0.1) is 0 Å². The van der Waals surface area contributed by atoms with Gasteiger partial charge in [-0.1, -0.05) is 57.3 Å². The van der Waals surface area contributed by atoms with Crippen molar-refractivity contribution < 1.29 is 9.52 Å². The number of hydrogen-bond acceptors (Lipinski definition) is 6. The molecule has 2 heterocycles. The molecule has 0 bridgehead atoms. The summed E-state index contributed by atoms with van der Waals surface area (Å²) in [6.07, 6.45) is 2.99. The van der Waals surface area contributed by atoms with Crippen LogP contribution >= 0.6 is 39.1 Å². The third kappa shape index (κ3) is 4.46. The number of nitrogens with zero attached hydrogens (tertiary/aromatic N) is 3. The van der Waals surface area contributed by atoms with Crippen LogP contribution < -0.4 is 10.9 Å². The summed E-state index contributed by atoms with van der Waals surface area (Å²) < 4.78 is 7.50. The number of aliphatic hydroxyl groups excluding tert-OH is 1. The van der Waals surface area contributed by atoms with Gasteiger partial charge in [0.15, 0.2) is 12.2 Å². The number of fused-ring (bicyclic) bond motifs is 1. The van der Waals surface area contributed by atoms with Crippen molar-refractivity contribution in [2.75, 3.05) is 18.5 Å². The lowest BCUT2D eigenvalue weighted by molar-refractivity contribution is 0.311. The average Bonchev–Trinajstić information content (AvgIpc) is 3.40. The van der Waals surface area contributed by atoms with Gasteiger partial charge in [0.2, 0.25) is 0 Å². The molecule has 176 valence electrons. The van der Waals surface area contributed by atoms with E-state index in [1.807, 2.05) is 30.3 Å². The van der Waals surface area contributed by atoms with E-state index in [0.717, 1.165) is 15.6 Å². The summed E-state index contributed by atoms with van der Waals surface area (Å²) in [5.41, 5.74) is 2.51. The summed E-state index contributed by atoms with van der Waals surface area (Å²) in [4.78, 5) is 17.6.